The molecule has 4 aromatic heterocycles. The normalized spacial score (nSPS) is 15.2. The number of nitrogens with zero attached hydrogens (tertiary/aromatic N) is 6. The lowest BCUT2D eigenvalue weighted by atomic mass is 9.72. The SMILES string of the molecule is Cc1cc(C)c(S(=O)(=O)NC(=O)c2ccc(N3CCN(CC4=C(c5ccc(Cl)cc5)CC(C)(C)CC4)CC3)cc2Oc2cnc3[nH]ccc3c2)c(C)c1C.Cc1cc(C)c(S(=O)(=O)NC(=O)c2ccc(N3CCN(Cc4ccccc4-c4ccc(Cl)cc4)CC3)cc2Oc2cnc3[nH]ccc3c2)c(C)c1C. The van der Waals surface area contributed by atoms with Crippen LogP contribution >= 0.6 is 23.2 Å². The molecule has 6 heterocycles. The molecule has 4 N–H and O–H groups in total. The van der Waals surface area contributed by atoms with Crippen LogP contribution < -0.4 is 28.7 Å². The molecule has 0 unspecified atom stereocenters. The Morgan fingerprint density at radius 3 is 1.42 bits per heavy atom. The molecule has 2 fully saturated rings. The maximum absolute atomic E-state index is 13.9. The largest absolute Gasteiger partial charge is 0.455 e. The van der Waals surface area contributed by atoms with Gasteiger partial charge in [-0.25, -0.2) is 36.2 Å². The van der Waals surface area contributed by atoms with Gasteiger partial charge >= 0.3 is 0 Å². The molecule has 3 aliphatic rings. The number of carbonyl (C=O) groups excluding carboxylic acids is 2. The number of allylic oxidation sites excluding steroid dienone is 1. The summed E-state index contributed by atoms with van der Waals surface area (Å²) in [6.45, 7) is 27.6. The van der Waals surface area contributed by atoms with Crippen molar-refractivity contribution in [3.05, 3.63) is 253 Å². The molecule has 11 aromatic rings. The molecule has 1 aliphatic carbocycles. The third-order valence-electron chi connectivity index (χ3n) is 21.0. The molecule has 7 aromatic carbocycles. The van der Waals surface area contributed by atoms with Crippen LogP contribution in [0.5, 0.6) is 23.0 Å². The number of piperazine rings is 2. The van der Waals surface area contributed by atoms with Crippen molar-refractivity contribution in [2.75, 3.05) is 68.7 Å². The monoisotopic (exact) mass is 1500 g/mol. The van der Waals surface area contributed by atoms with E-state index in [0.29, 0.717) is 50.1 Å². The molecule has 0 spiro atoms. The first-order chi connectivity index (χ1) is 50.6. The van der Waals surface area contributed by atoms with E-state index in [4.69, 9.17) is 32.7 Å². The number of carbonyl (C=O) groups is 2. The number of ether oxygens (including phenoxy) is 2. The van der Waals surface area contributed by atoms with Crippen molar-refractivity contribution < 1.29 is 35.9 Å². The minimum Gasteiger partial charge on any atom is -0.455 e. The van der Waals surface area contributed by atoms with E-state index in [0.717, 1.165) is 133 Å². The Balaban J connectivity index is 0.000000188. The molecule has 0 bridgehead atoms. The van der Waals surface area contributed by atoms with Crippen LogP contribution in [0.1, 0.15) is 109 Å². The topological polar surface area (TPSA) is 215 Å². The third kappa shape index (κ3) is 16.6. The lowest BCUT2D eigenvalue weighted by molar-refractivity contribution is 0.0970. The van der Waals surface area contributed by atoms with Gasteiger partial charge in [0.05, 0.1) is 33.3 Å². The molecule has 0 saturated carbocycles. The highest BCUT2D eigenvalue weighted by Crippen LogP contribution is 2.44. The number of hydrogen-bond acceptors (Lipinski definition) is 14. The smallest absolute Gasteiger partial charge is 0.268 e. The predicted molar refractivity (Wildman–Crippen MR) is 424 cm³/mol. The fraction of sp³-hybridized carbons (Fsp3) is 0.286. The average molecular weight is 1500 g/mol. The van der Waals surface area contributed by atoms with E-state index in [1.807, 2.05) is 107 Å². The van der Waals surface area contributed by atoms with Gasteiger partial charge < -0.3 is 29.2 Å². The van der Waals surface area contributed by atoms with E-state index in [1.54, 1.807) is 70.7 Å². The summed E-state index contributed by atoms with van der Waals surface area (Å²) in [5.41, 5.74) is 17.5. The number of anilines is 2. The second-order valence-electron chi connectivity index (χ2n) is 28.9. The van der Waals surface area contributed by atoms with Crippen LogP contribution in [-0.2, 0) is 26.6 Å². The summed E-state index contributed by atoms with van der Waals surface area (Å²) in [4.78, 5) is 52.5. The van der Waals surface area contributed by atoms with Crippen LogP contribution in [0.4, 0.5) is 11.4 Å². The summed E-state index contributed by atoms with van der Waals surface area (Å²) in [7, 11) is -8.39. The van der Waals surface area contributed by atoms with Crippen molar-refractivity contribution in [2.45, 2.75) is 105 Å². The summed E-state index contributed by atoms with van der Waals surface area (Å²) < 4.78 is 72.2. The summed E-state index contributed by atoms with van der Waals surface area (Å²) in [6.07, 6.45) is 10.0. The average Bonchev–Trinajstić information content (AvgIpc) is 0.893. The quantitative estimate of drug-likeness (QED) is 0.0629. The Morgan fingerprint density at radius 1 is 0.509 bits per heavy atom. The standard InChI is InChI=1S/C43H48ClN5O4S.C41H40ClN5O4S/c1-27-21-28(2)40(30(4)29(27)3)54(51,52)47-42(50)37-12-11-35(23-39(37)53-36-22-32-14-16-45-41(32)46-25-36)49-19-17-48(18-20-49)26-33-13-15-43(5,6)24-38(33)31-7-9-34(44)10-8-31;1-26-21-27(2)39(29(4)28(26)3)52(49,50)45-41(48)37-14-13-34(23-38(37)51-35-22-31-15-16-43-40(31)44-24-35)47-19-17-46(18-20-47)25-32-7-5-6-8-36(32)30-9-11-33(42)12-10-30/h7-12,14,16,21-23,25H,13,15,17-20,24,26H2,1-6H3,(H,45,46)(H,47,50);5-16,21-24H,17-20,25H2,1-4H3,(H,43,44)(H,45,48). The minimum absolute atomic E-state index is 0.0954. The number of amides is 2. The maximum atomic E-state index is 13.9. The number of benzene rings is 7. The van der Waals surface area contributed by atoms with Crippen molar-refractivity contribution in [3.63, 3.8) is 0 Å². The fourth-order valence-corrected chi connectivity index (χ4v) is 18.1. The van der Waals surface area contributed by atoms with Crippen LogP contribution in [0.3, 0.4) is 0 Å². The number of aryl methyl sites for hydroxylation is 4. The van der Waals surface area contributed by atoms with Crippen molar-refractivity contribution in [1.29, 1.82) is 0 Å². The molecule has 22 heteroatoms. The van der Waals surface area contributed by atoms with Crippen LogP contribution in [-0.4, -0.2) is 117 Å². The lowest BCUT2D eigenvalue weighted by Crippen LogP contribution is -2.47. The van der Waals surface area contributed by atoms with E-state index in [-0.39, 0.29) is 37.8 Å². The molecule has 18 nitrogen and oxygen atoms in total. The number of rotatable bonds is 18. The van der Waals surface area contributed by atoms with Crippen LogP contribution in [0.2, 0.25) is 10.0 Å². The second-order valence-corrected chi connectivity index (χ2v) is 33.0. The maximum Gasteiger partial charge on any atom is 0.268 e. The number of nitrogens with one attached hydrogen (secondary N) is 4. The van der Waals surface area contributed by atoms with Gasteiger partial charge in [0.25, 0.3) is 31.9 Å². The highest BCUT2D eigenvalue weighted by atomic mass is 35.5. The summed E-state index contributed by atoms with van der Waals surface area (Å²) >= 11 is 12.4. The molecule has 548 valence electrons. The van der Waals surface area contributed by atoms with E-state index < -0.39 is 31.9 Å². The molecule has 106 heavy (non-hydrogen) atoms. The number of halogens is 2. The summed E-state index contributed by atoms with van der Waals surface area (Å²) in [5.74, 6) is -0.216. The number of aromatic nitrogens is 4. The number of aromatic amines is 2. The first-order valence-corrected chi connectivity index (χ1v) is 39.4. The van der Waals surface area contributed by atoms with E-state index in [2.05, 4.69) is 111 Å². The van der Waals surface area contributed by atoms with Gasteiger partial charge in [0.2, 0.25) is 0 Å². The zero-order valence-corrected chi connectivity index (χ0v) is 64.5. The van der Waals surface area contributed by atoms with Gasteiger partial charge in [-0.1, -0.05) is 103 Å². The number of sulfonamides is 2. The van der Waals surface area contributed by atoms with Gasteiger partial charge in [0.15, 0.2) is 0 Å². The second kappa shape index (κ2) is 31.0. The Labute approximate surface area is 630 Å². The van der Waals surface area contributed by atoms with E-state index in [9.17, 15) is 26.4 Å². The van der Waals surface area contributed by atoms with Crippen LogP contribution in [0.25, 0.3) is 38.8 Å². The Bertz CT molecular complexity index is 5450. The number of hydrogen-bond donors (Lipinski definition) is 4. The lowest BCUT2D eigenvalue weighted by Gasteiger charge is -2.39. The molecule has 14 rings (SSSR count). The molecular formula is C84H88Cl2N10O8S2. The van der Waals surface area contributed by atoms with E-state index in [1.165, 1.54) is 34.3 Å². The van der Waals surface area contributed by atoms with Crippen molar-refractivity contribution in [2.24, 2.45) is 5.41 Å². The van der Waals surface area contributed by atoms with Crippen molar-refractivity contribution in [1.82, 2.24) is 39.2 Å². The van der Waals surface area contributed by atoms with Crippen molar-refractivity contribution >= 4 is 94.1 Å². The van der Waals surface area contributed by atoms with Gasteiger partial charge in [-0.3, -0.25) is 19.4 Å². The zero-order valence-electron chi connectivity index (χ0n) is 61.4. The highest BCUT2D eigenvalue weighted by molar-refractivity contribution is 7.90. The van der Waals surface area contributed by atoms with Gasteiger partial charge in [-0.2, -0.15) is 0 Å². The highest BCUT2D eigenvalue weighted by Gasteiger charge is 2.33. The van der Waals surface area contributed by atoms with E-state index >= 15 is 0 Å². The summed E-state index contributed by atoms with van der Waals surface area (Å²) in [6, 6.07) is 46.4. The third-order valence-corrected chi connectivity index (χ3v) is 24.8. The Morgan fingerprint density at radius 2 is 0.953 bits per heavy atom. The Kier molecular flexibility index (Phi) is 21.7. The molecule has 2 amide bonds. The zero-order chi connectivity index (χ0) is 74.9. The van der Waals surface area contributed by atoms with Crippen LogP contribution in [0.15, 0.2) is 186 Å². The van der Waals surface area contributed by atoms with Gasteiger partial charge in [-0.05, 0) is 225 Å². The summed E-state index contributed by atoms with van der Waals surface area (Å²) in [5, 5.41) is 3.16. The molecule has 0 radical (unpaired) electrons. The Hall–Kier alpha value is -9.80. The number of fused-ring (bicyclic) bond motifs is 2. The van der Waals surface area contributed by atoms with Crippen molar-refractivity contribution in [3.8, 4) is 34.1 Å². The first kappa shape index (κ1) is 74.5. The van der Waals surface area contributed by atoms with Gasteiger partial charge in [0.1, 0.15) is 34.3 Å². The predicted octanol–water partition coefficient (Wildman–Crippen LogP) is 17.5. The fourth-order valence-electron chi connectivity index (χ4n) is 14.8. The molecule has 2 saturated heterocycles. The molecule has 2 aliphatic heterocycles. The first-order valence-electron chi connectivity index (χ1n) is 35.7. The van der Waals surface area contributed by atoms with Gasteiger partial charge in [0, 0.05) is 122 Å². The van der Waals surface area contributed by atoms with Crippen LogP contribution in [0, 0.1) is 60.8 Å². The molecule has 0 atom stereocenters. The minimum atomic E-state index is -4.20. The van der Waals surface area contributed by atoms with Gasteiger partial charge in [-0.15, -0.1) is 0 Å². The number of pyridine rings is 2. The molecular weight excluding hydrogens is 1410 g/mol. The number of H-pyrrole nitrogens is 2.